The van der Waals surface area contributed by atoms with Gasteiger partial charge in [-0.05, 0) is 173 Å². The van der Waals surface area contributed by atoms with E-state index in [0.717, 1.165) is 127 Å². The Hall–Kier alpha value is -9.65. The Labute approximate surface area is 663 Å². The zero-order chi connectivity index (χ0) is 84.5. The van der Waals surface area contributed by atoms with Crippen LogP contribution < -0.4 is 25.6 Å². The number of rotatable bonds is 41. The first-order valence-electron chi connectivity index (χ1n) is 37.3. The number of nitrogens with one attached hydrogen (secondary N) is 3. The van der Waals surface area contributed by atoms with Gasteiger partial charge in [-0.15, -0.1) is 12.6 Å². The number of ether oxygens (including phenoxy) is 1. The second kappa shape index (κ2) is 49.1. The van der Waals surface area contributed by atoms with Gasteiger partial charge in [-0.1, -0.05) is 122 Å². The smallest absolute Gasteiger partial charge is 0.425 e. The maximum Gasteiger partial charge on any atom is 0.425 e. The van der Waals surface area contributed by atoms with E-state index in [9.17, 15) is 58.3 Å². The quantitative estimate of drug-likeness (QED) is 0.0136. The summed E-state index contributed by atoms with van der Waals surface area (Å²) in [5.74, 6) is -0.0531. The third-order valence-electron chi connectivity index (χ3n) is 19.2. The van der Waals surface area contributed by atoms with Crippen molar-refractivity contribution < 1.29 is 114 Å². The first kappa shape index (κ1) is 97.5. The van der Waals surface area contributed by atoms with E-state index in [1.54, 1.807) is 31.2 Å². The molecule has 33 heteroatoms. The second-order valence-corrected chi connectivity index (χ2v) is 32.9. The molecule has 1 aliphatic carbocycles. The van der Waals surface area contributed by atoms with Gasteiger partial charge in [0.05, 0.1) is 33.0 Å². The van der Waals surface area contributed by atoms with Crippen LogP contribution in [0.1, 0.15) is 212 Å². The molecule has 2 atom stereocenters. The first-order chi connectivity index (χ1) is 53.4. The number of urea groups is 1. The lowest BCUT2D eigenvalue weighted by Crippen LogP contribution is -2.46. The fourth-order valence-corrected chi connectivity index (χ4v) is 14.9. The molecule has 0 spiro atoms. The van der Waals surface area contributed by atoms with Crippen molar-refractivity contribution >= 4 is 106 Å². The van der Waals surface area contributed by atoms with Crippen LogP contribution in [-0.4, -0.2) is 147 Å². The minimum atomic E-state index is -4.46. The number of hydrogen-bond acceptors (Lipinski definition) is 22. The SMILES string of the molecule is CCCCC[N+]1=C(/C=C/C2=C(Oc3ccc(CCCC(=O)[C@H](Cc4ccccc4)NC(=O)CCCCCCCCC(=O)CCCNC(=O)N[C@H](CC)C(=O)CCS(=O)(=O)O)cc3)C(=C/C=C3/N(CCCC)c4ccc(S(=O)(=O)O)cc4C3(C)C)/CCC2)C(C)(C)c2cc(S(=O)(=O)O)ccc21.O=C=O.O=C=O.O=C=O.O=S(=O)=O. The lowest BCUT2D eigenvalue weighted by molar-refractivity contribution is -0.438. The first-order valence-corrected chi connectivity index (χ1v) is 42.8. The van der Waals surface area contributed by atoms with Crippen LogP contribution in [0.4, 0.5) is 16.2 Å². The van der Waals surface area contributed by atoms with Gasteiger partial charge in [0.2, 0.25) is 11.6 Å². The predicted molar refractivity (Wildman–Crippen MR) is 416 cm³/mol. The van der Waals surface area contributed by atoms with Gasteiger partial charge in [0, 0.05) is 86.1 Å². The highest BCUT2D eigenvalue weighted by Gasteiger charge is 2.45. The fourth-order valence-electron chi connectivity index (χ4n) is 13.5. The van der Waals surface area contributed by atoms with Crippen LogP contribution in [0.2, 0.25) is 0 Å². The number of anilines is 1. The Morgan fingerprint density at radius 2 is 1.17 bits per heavy atom. The molecule has 0 radical (unpaired) electrons. The molecule has 0 saturated carbocycles. The minimum Gasteiger partial charge on any atom is -0.457 e. The van der Waals surface area contributed by atoms with Crippen molar-refractivity contribution in [2.45, 2.75) is 235 Å². The van der Waals surface area contributed by atoms with Gasteiger partial charge in [-0.25, -0.2) is 4.79 Å². The number of ketones is 3. The van der Waals surface area contributed by atoms with Crippen LogP contribution in [-0.2, 0) is 113 Å². The van der Waals surface area contributed by atoms with Gasteiger partial charge in [0.25, 0.3) is 30.4 Å². The highest BCUT2D eigenvalue weighted by atomic mass is 32.2. The Morgan fingerprint density at radius 3 is 1.75 bits per heavy atom. The van der Waals surface area contributed by atoms with Crippen LogP contribution in [0.25, 0.3) is 0 Å². The summed E-state index contributed by atoms with van der Waals surface area (Å²) >= 11 is 0. The molecule has 2 aliphatic heterocycles. The molecular weight excluding hydrogens is 1540 g/mol. The summed E-state index contributed by atoms with van der Waals surface area (Å²) in [6, 6.07) is 25.0. The van der Waals surface area contributed by atoms with Crippen molar-refractivity contribution in [3.8, 4) is 5.75 Å². The average Bonchev–Trinajstić information content (AvgIpc) is 1.59. The van der Waals surface area contributed by atoms with E-state index < -0.39 is 87.9 Å². The van der Waals surface area contributed by atoms with Gasteiger partial charge >= 0.3 is 35.1 Å². The number of carbonyl (C=O) groups excluding carboxylic acids is 11. The van der Waals surface area contributed by atoms with E-state index in [4.69, 9.17) is 50.7 Å². The van der Waals surface area contributed by atoms with E-state index in [1.807, 2.05) is 54.6 Å². The summed E-state index contributed by atoms with van der Waals surface area (Å²) in [7, 11) is -16.3. The number of fused-ring (bicyclic) bond motifs is 2. The van der Waals surface area contributed by atoms with Gasteiger partial charge in [-0.2, -0.15) is 58.6 Å². The molecule has 616 valence electrons. The average molecular weight is 1650 g/mol. The molecule has 3 amide bonds. The number of carbonyl (C=O) groups is 5. The summed E-state index contributed by atoms with van der Waals surface area (Å²) in [5, 5.41) is 8.18. The number of hydrogen-bond donors (Lipinski definition) is 6. The maximum absolute atomic E-state index is 14.0. The van der Waals surface area contributed by atoms with E-state index in [0.29, 0.717) is 82.4 Å². The van der Waals surface area contributed by atoms with Crippen molar-refractivity contribution in [1.82, 2.24) is 16.0 Å². The summed E-state index contributed by atoms with van der Waals surface area (Å²) in [4.78, 5) is 115. The zero-order valence-corrected chi connectivity index (χ0v) is 68.1. The largest absolute Gasteiger partial charge is 0.457 e. The fraction of sp³-hybridized carbons (Fsp3) is 0.487. The van der Waals surface area contributed by atoms with E-state index >= 15 is 0 Å². The minimum absolute atomic E-state index is 0.0459. The van der Waals surface area contributed by atoms with Gasteiger partial charge in [0.1, 0.15) is 23.8 Å². The molecule has 0 aromatic heterocycles. The third kappa shape index (κ3) is 33.5. The van der Waals surface area contributed by atoms with Crippen LogP contribution in [0.3, 0.4) is 0 Å². The Bertz CT molecular complexity index is 4610. The predicted octanol–water partition coefficient (Wildman–Crippen LogP) is 11.5. The van der Waals surface area contributed by atoms with Crippen LogP contribution in [0.15, 0.2) is 148 Å². The molecule has 0 bridgehead atoms. The number of benzene rings is 4. The van der Waals surface area contributed by atoms with Crippen molar-refractivity contribution in [3.63, 3.8) is 0 Å². The van der Waals surface area contributed by atoms with Crippen molar-refractivity contribution in [3.05, 3.63) is 160 Å². The molecule has 0 unspecified atom stereocenters. The van der Waals surface area contributed by atoms with Crippen molar-refractivity contribution in [1.29, 1.82) is 0 Å². The summed E-state index contributed by atoms with van der Waals surface area (Å²) in [6.07, 6.45) is 24.1. The molecule has 4 aromatic carbocycles. The maximum atomic E-state index is 14.0. The molecule has 0 fully saturated rings. The highest BCUT2D eigenvalue weighted by Crippen LogP contribution is 2.49. The molecule has 4 aromatic rings. The Kier molecular flexibility index (Phi) is 42.4. The molecule has 3 aliphatic rings. The summed E-state index contributed by atoms with van der Waals surface area (Å²) in [6.45, 7) is 15.8. The van der Waals surface area contributed by atoms with E-state index in [1.165, 1.54) is 12.1 Å². The van der Waals surface area contributed by atoms with Crippen LogP contribution >= 0.6 is 0 Å². The number of amides is 3. The number of aryl methyl sites for hydroxylation is 1. The number of unbranched alkanes of at least 4 members (excludes halogenated alkanes) is 8. The molecular formula is C80H104N5O24S4+. The second-order valence-electron chi connectivity index (χ2n) is 28.0. The van der Waals surface area contributed by atoms with E-state index in [-0.39, 0.29) is 71.5 Å². The summed E-state index contributed by atoms with van der Waals surface area (Å²) in [5.41, 5.74) is 7.91. The Balaban J connectivity index is 0.00000237. The standard InChI is InChI=1S/C77H103N5O15S3.3CO2.O3S/c1-8-11-22-50-82-68-44-42-62(100(94,95)96)54-64(68)77(6,7)72(82)46-38-58-30-24-29-57(37-45-71-76(4,5)63-53-61(99(91,92)93)41-43-67(63)81(71)49-12-9-2)74(58)97-60-39-35-55(36-40-60)28-23-33-69(84)66(52-56-26-18-17-19-27-56)79-73(86)34-21-16-14-13-15-20-31-59(83)32-25-48-78-75(87)80-65(10-3)70(85)47-51-98(88,89)90;3*2-1-3;1-4(2)3/h17-19,26-27,35-46,53-54,65-66H,8-16,20-25,28-34,47-52H2,1-7H3,(H5-,78,79,80,86,87,88,89,90,91,92,93,94,95,96);;;;/p+1/t65-,66+;;;;/m1..../s1. The third-order valence-corrected chi connectivity index (χ3v) is 21.6. The lowest BCUT2D eigenvalue weighted by atomic mass is 9.81. The van der Waals surface area contributed by atoms with Crippen molar-refractivity contribution in [2.75, 3.05) is 30.3 Å². The molecule has 113 heavy (non-hydrogen) atoms. The summed E-state index contributed by atoms with van der Waals surface area (Å²) < 4.78 is 135. The van der Waals surface area contributed by atoms with E-state index in [2.05, 4.69) is 91.3 Å². The van der Waals surface area contributed by atoms with Crippen LogP contribution in [0.5, 0.6) is 5.75 Å². The molecule has 2 heterocycles. The van der Waals surface area contributed by atoms with Gasteiger partial charge in [-0.3, -0.25) is 32.8 Å². The zero-order valence-electron chi connectivity index (χ0n) is 64.9. The van der Waals surface area contributed by atoms with Crippen molar-refractivity contribution in [2.24, 2.45) is 0 Å². The Morgan fingerprint density at radius 1 is 0.602 bits per heavy atom. The topological polar surface area (TPSA) is 454 Å². The van der Waals surface area contributed by atoms with Gasteiger partial charge < -0.3 is 25.6 Å². The lowest BCUT2D eigenvalue weighted by Gasteiger charge is -2.27. The molecule has 29 nitrogen and oxygen atoms in total. The number of Topliss-reactive ketones (excluding diaryl/α,β-unsaturated/α-hetero) is 3. The number of allylic oxidation sites excluding steroid dienone is 7. The van der Waals surface area contributed by atoms with Crippen LogP contribution in [0, 0.1) is 0 Å². The highest BCUT2D eigenvalue weighted by molar-refractivity contribution is 7.86. The molecule has 6 N–H and O–H groups in total. The molecule has 7 rings (SSSR count). The molecule has 0 saturated heterocycles. The van der Waals surface area contributed by atoms with Gasteiger partial charge in [0.15, 0.2) is 17.3 Å². The number of nitrogens with zero attached hydrogens (tertiary/aromatic N) is 2. The normalized spacial score (nSPS) is 15.1. The monoisotopic (exact) mass is 1650 g/mol.